The first kappa shape index (κ1) is 22.9. The first-order valence-electron chi connectivity index (χ1n) is 7.79. The quantitative estimate of drug-likeness (QED) is 0.337. The summed E-state index contributed by atoms with van der Waals surface area (Å²) in [6, 6.07) is 1.04. The van der Waals surface area contributed by atoms with Gasteiger partial charge in [0.25, 0.3) is 0 Å². The van der Waals surface area contributed by atoms with E-state index in [1.165, 1.54) is 7.11 Å². The van der Waals surface area contributed by atoms with E-state index in [2.05, 4.69) is 10.6 Å². The van der Waals surface area contributed by atoms with Gasteiger partial charge in [0.1, 0.15) is 5.00 Å². The summed E-state index contributed by atoms with van der Waals surface area (Å²) < 4.78 is 82.4. The number of hydrogen-bond acceptors (Lipinski definition) is 4. The Balaban J connectivity index is 2.35. The van der Waals surface area contributed by atoms with Gasteiger partial charge in [0.2, 0.25) is 0 Å². The van der Waals surface area contributed by atoms with E-state index >= 15 is 0 Å². The van der Waals surface area contributed by atoms with Crippen molar-refractivity contribution in [2.24, 2.45) is 0 Å². The number of thiocarbonyl (C=S) groups is 1. The lowest BCUT2D eigenvalue weighted by Gasteiger charge is -2.16. The van der Waals surface area contributed by atoms with Crippen LogP contribution in [0, 0.1) is 13.8 Å². The lowest BCUT2D eigenvalue weighted by atomic mass is 10.1. The number of methoxy groups -OCH3 is 1. The maximum Gasteiger partial charge on any atom is 0.416 e. The van der Waals surface area contributed by atoms with Crippen molar-refractivity contribution in [1.82, 2.24) is 0 Å². The van der Waals surface area contributed by atoms with E-state index in [9.17, 15) is 31.1 Å². The Labute approximate surface area is 170 Å². The first-order chi connectivity index (χ1) is 13.2. The zero-order chi connectivity index (χ0) is 22.1. The maximum absolute atomic E-state index is 13.0. The SMILES string of the molecule is COC(=O)c1c(NC(=S)Nc2cc(C(F)(F)F)cc(C(F)(F)F)c2)sc(C)c1C. The zero-order valence-corrected chi connectivity index (χ0v) is 16.8. The van der Waals surface area contributed by atoms with Crippen LogP contribution >= 0.6 is 23.6 Å². The second-order valence-corrected chi connectivity index (χ2v) is 7.49. The normalized spacial score (nSPS) is 11.9. The Morgan fingerprint density at radius 3 is 1.97 bits per heavy atom. The van der Waals surface area contributed by atoms with Crippen molar-refractivity contribution >= 4 is 45.3 Å². The number of benzene rings is 1. The molecule has 2 rings (SSSR count). The minimum atomic E-state index is -4.98. The molecule has 158 valence electrons. The van der Waals surface area contributed by atoms with Gasteiger partial charge in [-0.15, -0.1) is 11.3 Å². The number of halogens is 6. The van der Waals surface area contributed by atoms with Gasteiger partial charge in [-0.25, -0.2) is 4.79 Å². The van der Waals surface area contributed by atoms with Crippen molar-refractivity contribution in [3.63, 3.8) is 0 Å². The van der Waals surface area contributed by atoms with Crippen molar-refractivity contribution in [2.45, 2.75) is 26.2 Å². The highest BCUT2D eigenvalue weighted by atomic mass is 32.1. The molecule has 29 heavy (non-hydrogen) atoms. The summed E-state index contributed by atoms with van der Waals surface area (Å²) in [4.78, 5) is 12.7. The smallest absolute Gasteiger partial charge is 0.416 e. The molecule has 0 aliphatic heterocycles. The fraction of sp³-hybridized carbons (Fsp3) is 0.294. The molecule has 0 unspecified atom stereocenters. The zero-order valence-electron chi connectivity index (χ0n) is 15.1. The molecule has 1 aromatic carbocycles. The van der Waals surface area contributed by atoms with Crippen LogP contribution < -0.4 is 10.6 Å². The van der Waals surface area contributed by atoms with E-state index in [-0.39, 0.29) is 21.7 Å². The van der Waals surface area contributed by atoms with E-state index in [1.807, 2.05) is 0 Å². The van der Waals surface area contributed by atoms with Crippen molar-refractivity contribution < 1.29 is 35.9 Å². The van der Waals surface area contributed by atoms with Crippen LogP contribution in [0.4, 0.5) is 37.0 Å². The van der Waals surface area contributed by atoms with E-state index in [1.54, 1.807) is 13.8 Å². The van der Waals surface area contributed by atoms with Crippen molar-refractivity contribution in [3.05, 3.63) is 45.3 Å². The van der Waals surface area contributed by atoms with E-state index in [0.717, 1.165) is 16.2 Å². The molecule has 12 heteroatoms. The largest absolute Gasteiger partial charge is 0.465 e. The number of alkyl halides is 6. The third kappa shape index (κ3) is 5.38. The molecule has 0 amide bonds. The molecule has 0 aliphatic carbocycles. The number of hydrogen-bond donors (Lipinski definition) is 2. The van der Waals surface area contributed by atoms with Crippen LogP contribution in [0.15, 0.2) is 18.2 Å². The molecule has 0 fully saturated rings. The molecule has 0 spiro atoms. The number of anilines is 2. The number of thiophene rings is 1. The Morgan fingerprint density at radius 2 is 1.52 bits per heavy atom. The van der Waals surface area contributed by atoms with Gasteiger partial charge in [0, 0.05) is 10.6 Å². The minimum absolute atomic E-state index is 0.0169. The van der Waals surface area contributed by atoms with Gasteiger partial charge >= 0.3 is 18.3 Å². The average Bonchev–Trinajstić information content (AvgIpc) is 2.86. The molecule has 2 N–H and O–H groups in total. The predicted octanol–water partition coefficient (Wildman–Crippen LogP) is 6.00. The number of nitrogens with one attached hydrogen (secondary N) is 2. The van der Waals surface area contributed by atoms with E-state index in [0.29, 0.717) is 17.7 Å². The highest BCUT2D eigenvalue weighted by molar-refractivity contribution is 7.80. The number of aryl methyl sites for hydroxylation is 1. The molecule has 1 aromatic heterocycles. The highest BCUT2D eigenvalue weighted by Crippen LogP contribution is 2.38. The molecule has 0 saturated carbocycles. The number of carbonyl (C=O) groups excluding carboxylic acids is 1. The fourth-order valence-corrected chi connectivity index (χ4v) is 3.69. The predicted molar refractivity (Wildman–Crippen MR) is 101 cm³/mol. The van der Waals surface area contributed by atoms with Gasteiger partial charge in [0.05, 0.1) is 23.8 Å². The molecule has 0 aliphatic rings. The van der Waals surface area contributed by atoms with Gasteiger partial charge in [-0.2, -0.15) is 26.3 Å². The van der Waals surface area contributed by atoms with Crippen molar-refractivity contribution in [3.8, 4) is 0 Å². The summed E-state index contributed by atoms with van der Waals surface area (Å²) in [5.74, 6) is -0.657. The lowest BCUT2D eigenvalue weighted by Crippen LogP contribution is -2.21. The Hall–Kier alpha value is -2.34. The summed E-state index contributed by atoms with van der Waals surface area (Å²) in [6.07, 6.45) is -9.96. The second-order valence-electron chi connectivity index (χ2n) is 5.85. The van der Waals surface area contributed by atoms with Crippen molar-refractivity contribution in [2.75, 3.05) is 17.7 Å². The Kier molecular flexibility index (Phi) is 6.48. The van der Waals surface area contributed by atoms with Gasteiger partial charge in [-0.3, -0.25) is 0 Å². The van der Waals surface area contributed by atoms with E-state index in [4.69, 9.17) is 17.0 Å². The summed E-state index contributed by atoms with van der Waals surface area (Å²) in [6.45, 7) is 3.40. The van der Waals surface area contributed by atoms with Gasteiger partial charge in [-0.1, -0.05) is 0 Å². The van der Waals surface area contributed by atoms with Crippen molar-refractivity contribution in [1.29, 1.82) is 0 Å². The molecule has 0 bridgehead atoms. The van der Waals surface area contributed by atoms with Crippen LogP contribution in [0.25, 0.3) is 0 Å². The van der Waals surface area contributed by atoms with Crippen LogP contribution in [0.2, 0.25) is 0 Å². The van der Waals surface area contributed by atoms with Crippen LogP contribution in [0.3, 0.4) is 0 Å². The summed E-state index contributed by atoms with van der Waals surface area (Å²) in [5.41, 5.74) is -2.66. The second kappa shape index (κ2) is 8.19. The molecular weight excluding hydrogens is 442 g/mol. The van der Waals surface area contributed by atoms with Gasteiger partial charge < -0.3 is 15.4 Å². The van der Waals surface area contributed by atoms with Crippen LogP contribution in [-0.4, -0.2) is 18.2 Å². The molecule has 4 nitrogen and oxygen atoms in total. The summed E-state index contributed by atoms with van der Waals surface area (Å²) in [5, 5.41) is 4.90. The fourth-order valence-electron chi connectivity index (χ4n) is 2.36. The highest BCUT2D eigenvalue weighted by Gasteiger charge is 2.37. The Bertz CT molecular complexity index is 918. The molecule has 2 aromatic rings. The molecular formula is C17H14F6N2O2S2. The van der Waals surface area contributed by atoms with Crippen LogP contribution in [0.1, 0.15) is 31.9 Å². The molecule has 0 atom stereocenters. The standard InChI is InChI=1S/C17H14F6N2O2S2/c1-7-8(2)29-13(12(7)14(26)27-3)25-15(28)24-11-5-9(16(18,19)20)4-10(6-11)17(21,22)23/h4-6H,1-3H3,(H2,24,25,28). The number of carbonyl (C=O) groups is 1. The van der Waals surface area contributed by atoms with Gasteiger partial charge in [-0.05, 0) is 49.8 Å². The summed E-state index contributed by atoms with van der Waals surface area (Å²) in [7, 11) is 1.18. The first-order valence-corrected chi connectivity index (χ1v) is 9.02. The third-order valence-electron chi connectivity index (χ3n) is 3.85. The third-order valence-corrected chi connectivity index (χ3v) is 5.17. The number of rotatable bonds is 3. The monoisotopic (exact) mass is 456 g/mol. The minimum Gasteiger partial charge on any atom is -0.465 e. The maximum atomic E-state index is 13.0. The van der Waals surface area contributed by atoms with Crippen LogP contribution in [-0.2, 0) is 17.1 Å². The molecule has 0 radical (unpaired) electrons. The van der Waals surface area contributed by atoms with Gasteiger partial charge in [0.15, 0.2) is 5.11 Å². The lowest BCUT2D eigenvalue weighted by molar-refractivity contribution is -0.143. The average molecular weight is 456 g/mol. The van der Waals surface area contributed by atoms with E-state index < -0.39 is 35.1 Å². The number of ether oxygens (including phenoxy) is 1. The van der Waals surface area contributed by atoms with Crippen LogP contribution in [0.5, 0.6) is 0 Å². The topological polar surface area (TPSA) is 50.4 Å². The Morgan fingerprint density at radius 1 is 1.00 bits per heavy atom. The summed E-state index contributed by atoms with van der Waals surface area (Å²) >= 11 is 6.14. The molecule has 0 saturated heterocycles. The molecule has 1 heterocycles. The number of esters is 1.